The molecule has 0 spiro atoms. The number of benzene rings is 2. The molecule has 3 aliphatic heterocycles. The van der Waals surface area contributed by atoms with Crippen LogP contribution in [0.1, 0.15) is 105 Å². The second kappa shape index (κ2) is 14.3. The fourth-order valence-corrected chi connectivity index (χ4v) is 8.43. The van der Waals surface area contributed by atoms with E-state index in [1.807, 2.05) is 49.9 Å². The highest BCUT2D eigenvalue weighted by molar-refractivity contribution is 7.15. The number of piperidine rings is 1. The van der Waals surface area contributed by atoms with Gasteiger partial charge in [0, 0.05) is 49.5 Å². The highest BCUT2D eigenvalue weighted by Crippen LogP contribution is 2.39. The lowest BCUT2D eigenvalue weighted by atomic mass is 10.0. The van der Waals surface area contributed by atoms with E-state index < -0.39 is 11.9 Å². The zero-order chi connectivity index (χ0) is 36.6. The minimum absolute atomic E-state index is 0.170. The molecule has 11 nitrogen and oxygen atoms in total. The smallest absolute Gasteiger partial charge is 0.255 e. The molecule has 0 bridgehead atoms. The number of thiophene rings is 1. The van der Waals surface area contributed by atoms with Crippen molar-refractivity contribution in [2.45, 2.75) is 77.7 Å². The molecule has 1 unspecified atom stereocenters. The van der Waals surface area contributed by atoms with Crippen molar-refractivity contribution in [1.82, 2.24) is 34.5 Å². The molecule has 5 aromatic rings. The molecule has 2 aromatic carbocycles. The van der Waals surface area contributed by atoms with E-state index in [1.54, 1.807) is 22.3 Å². The summed E-state index contributed by atoms with van der Waals surface area (Å²) >= 11 is 1.66. The summed E-state index contributed by atoms with van der Waals surface area (Å²) in [5.41, 5.74) is 6.51. The van der Waals surface area contributed by atoms with Gasteiger partial charge in [0.2, 0.25) is 11.8 Å². The summed E-state index contributed by atoms with van der Waals surface area (Å²) < 4.78 is 10.4. The molecule has 3 aromatic heterocycles. The summed E-state index contributed by atoms with van der Waals surface area (Å²) in [6.45, 7) is 4.76. The van der Waals surface area contributed by atoms with Crippen LogP contribution in [-0.2, 0) is 47.4 Å². The zero-order valence-electron chi connectivity index (χ0n) is 29.7. The number of nitrogens with one attached hydrogen (secondary N) is 1. The van der Waals surface area contributed by atoms with Gasteiger partial charge in [0.1, 0.15) is 34.5 Å². The van der Waals surface area contributed by atoms with Crippen LogP contribution in [0.25, 0.3) is 5.00 Å². The van der Waals surface area contributed by atoms with Crippen LogP contribution < -0.4 is 5.32 Å². The van der Waals surface area contributed by atoms with Gasteiger partial charge >= 0.3 is 0 Å². The minimum atomic E-state index is -0.650. The fourth-order valence-electron chi connectivity index (χ4n) is 7.19. The van der Waals surface area contributed by atoms with E-state index in [0.717, 1.165) is 74.6 Å². The molecule has 8 rings (SSSR count). The minimum Gasteiger partial charge on any atom is -0.366 e. The van der Waals surface area contributed by atoms with Crippen LogP contribution in [0.5, 0.6) is 0 Å². The number of amides is 3. The summed E-state index contributed by atoms with van der Waals surface area (Å²) in [6.07, 6.45) is 5.14. The van der Waals surface area contributed by atoms with Crippen LogP contribution in [0.15, 0.2) is 54.7 Å². The first-order chi connectivity index (χ1) is 25.8. The number of aryl methyl sites for hydroxylation is 2. The lowest BCUT2D eigenvalue weighted by molar-refractivity contribution is -0.136. The van der Waals surface area contributed by atoms with Gasteiger partial charge in [-0.15, -0.1) is 21.5 Å². The Morgan fingerprint density at radius 3 is 2.70 bits per heavy atom. The van der Waals surface area contributed by atoms with Crippen molar-refractivity contribution >= 4 is 29.1 Å². The first-order valence-corrected chi connectivity index (χ1v) is 18.6. The maximum Gasteiger partial charge on any atom is 0.255 e. The van der Waals surface area contributed by atoms with E-state index >= 15 is 0 Å². The number of hydrogen-bond acceptors (Lipinski definition) is 8. The van der Waals surface area contributed by atoms with Crippen molar-refractivity contribution in [3.8, 4) is 28.7 Å². The number of imide groups is 1. The third-order valence-corrected chi connectivity index (χ3v) is 11.3. The molecular weight excluding hydrogens is 687 g/mol. The quantitative estimate of drug-likeness (QED) is 0.147. The zero-order valence-corrected chi connectivity index (χ0v) is 30.5. The Morgan fingerprint density at radius 2 is 1.87 bits per heavy atom. The standard InChI is InChI=1S/C41H37N7O4S/c1-25-38-45-44-26(2)48(38)41-33(24-52-25)31(21-27-11-6-4-7-12-27)35(53-41)19-17-29-22-42-36(46(29)3)16-9-5-8-13-28-14-10-15-30-32(28)23-47(40(30)51)34-18-20-37(49)43-39(34)50/h4,6-7,10-12,14-15,22,25,34H,5,9,16,18,20-21,23-24H2,1-3H3,(H,43,49,50)/t25-,34?/m0/s1. The van der Waals surface area contributed by atoms with Gasteiger partial charge in [0.25, 0.3) is 5.91 Å². The number of unbranched alkanes of at least 4 members (excludes halogenated alkanes) is 1. The molecule has 53 heavy (non-hydrogen) atoms. The van der Waals surface area contributed by atoms with Crippen molar-refractivity contribution < 1.29 is 19.1 Å². The normalized spacial score (nSPS) is 17.6. The average molecular weight is 724 g/mol. The predicted octanol–water partition coefficient (Wildman–Crippen LogP) is 5.09. The highest BCUT2D eigenvalue weighted by atomic mass is 32.1. The highest BCUT2D eigenvalue weighted by Gasteiger charge is 2.39. The largest absolute Gasteiger partial charge is 0.366 e. The number of aromatic nitrogens is 5. The van der Waals surface area contributed by atoms with Gasteiger partial charge in [0.05, 0.1) is 17.7 Å². The third-order valence-electron chi connectivity index (χ3n) is 10.1. The van der Waals surface area contributed by atoms with Crippen LogP contribution >= 0.6 is 11.3 Å². The van der Waals surface area contributed by atoms with E-state index in [1.165, 1.54) is 5.56 Å². The summed E-state index contributed by atoms with van der Waals surface area (Å²) in [5.74, 6) is 15.1. The molecule has 0 aliphatic carbocycles. The van der Waals surface area contributed by atoms with E-state index in [0.29, 0.717) is 31.6 Å². The number of hydrogen-bond donors (Lipinski definition) is 1. The van der Waals surface area contributed by atoms with Crippen LogP contribution in [0.3, 0.4) is 0 Å². The number of nitrogens with zero attached hydrogens (tertiary/aromatic N) is 6. The Balaban J connectivity index is 0.968. The third kappa shape index (κ3) is 6.56. The first kappa shape index (κ1) is 34.3. The maximum atomic E-state index is 13.2. The monoisotopic (exact) mass is 723 g/mol. The van der Waals surface area contributed by atoms with Crippen molar-refractivity contribution in [3.63, 3.8) is 0 Å². The molecule has 0 saturated carbocycles. The van der Waals surface area contributed by atoms with E-state index in [9.17, 15) is 14.4 Å². The molecule has 2 atom stereocenters. The van der Waals surface area contributed by atoms with Crippen molar-refractivity contribution in [3.05, 3.63) is 116 Å². The number of fused-ring (bicyclic) bond motifs is 4. The van der Waals surface area contributed by atoms with Crippen molar-refractivity contribution in [1.29, 1.82) is 0 Å². The van der Waals surface area contributed by atoms with Crippen molar-refractivity contribution in [2.75, 3.05) is 0 Å². The van der Waals surface area contributed by atoms with E-state index in [2.05, 4.69) is 68.0 Å². The fraction of sp³-hybridized carbons (Fsp3) is 0.317. The Bertz CT molecular complexity index is 2400. The molecule has 3 amide bonds. The molecule has 0 radical (unpaired) electrons. The first-order valence-electron chi connectivity index (χ1n) is 17.8. The Kier molecular flexibility index (Phi) is 9.25. The Morgan fingerprint density at radius 1 is 1.02 bits per heavy atom. The van der Waals surface area contributed by atoms with Crippen LogP contribution in [-0.4, -0.2) is 53.0 Å². The number of ether oxygens (including phenoxy) is 1. The topological polar surface area (TPSA) is 124 Å². The van der Waals surface area contributed by atoms with Gasteiger partial charge < -0.3 is 14.2 Å². The molecular formula is C41H37N7O4S. The molecule has 1 saturated heterocycles. The molecule has 12 heteroatoms. The number of carbonyl (C=O) groups excluding carboxylic acids is 3. The van der Waals surface area contributed by atoms with Crippen LogP contribution in [0.2, 0.25) is 0 Å². The summed E-state index contributed by atoms with van der Waals surface area (Å²) in [6, 6.07) is 15.3. The van der Waals surface area contributed by atoms with Gasteiger partial charge in [-0.25, -0.2) is 4.98 Å². The van der Waals surface area contributed by atoms with Crippen molar-refractivity contribution in [2.24, 2.45) is 7.05 Å². The number of imidazole rings is 1. The van der Waals surface area contributed by atoms with Crippen LogP contribution in [0.4, 0.5) is 0 Å². The molecule has 6 heterocycles. The van der Waals surface area contributed by atoms with Gasteiger partial charge in [-0.1, -0.05) is 48.2 Å². The number of rotatable bonds is 6. The Labute approximate surface area is 311 Å². The van der Waals surface area contributed by atoms with Gasteiger partial charge in [-0.3, -0.25) is 24.3 Å². The maximum absolute atomic E-state index is 13.2. The molecule has 1 fully saturated rings. The second-order valence-electron chi connectivity index (χ2n) is 13.5. The average Bonchev–Trinajstić information content (AvgIpc) is 3.88. The summed E-state index contributed by atoms with van der Waals surface area (Å²) in [4.78, 5) is 44.5. The molecule has 3 aliphatic rings. The Hall–Kier alpha value is -5.82. The van der Waals surface area contributed by atoms with Gasteiger partial charge in [-0.05, 0) is 73.8 Å². The second-order valence-corrected chi connectivity index (χ2v) is 14.5. The van der Waals surface area contributed by atoms with Crippen LogP contribution in [0, 0.1) is 30.6 Å². The lowest BCUT2D eigenvalue weighted by Gasteiger charge is -2.29. The molecule has 1 N–H and O–H groups in total. The number of carbonyl (C=O) groups is 3. The SMILES string of the molecule is Cc1nnc2n1-c1sc(C#Cc3cnc(CCCC#Cc4cccc5c4CN(C4CCC(=O)NC4=O)C5=O)n3C)c(Cc3ccccc3)c1CO[C@H]2C. The predicted molar refractivity (Wildman–Crippen MR) is 198 cm³/mol. The lowest BCUT2D eigenvalue weighted by Crippen LogP contribution is -2.52. The van der Waals surface area contributed by atoms with E-state index in [-0.39, 0.29) is 24.3 Å². The summed E-state index contributed by atoms with van der Waals surface area (Å²) in [7, 11) is 1.99. The van der Waals surface area contributed by atoms with Gasteiger partial charge in [-0.2, -0.15) is 0 Å². The van der Waals surface area contributed by atoms with Gasteiger partial charge in [0.15, 0.2) is 5.82 Å². The summed E-state index contributed by atoms with van der Waals surface area (Å²) in [5, 5.41) is 12.2. The molecule has 266 valence electrons. The van der Waals surface area contributed by atoms with E-state index in [4.69, 9.17) is 9.72 Å².